The van der Waals surface area contributed by atoms with E-state index in [-0.39, 0.29) is 0 Å². The molecule has 0 unspecified atom stereocenters. The van der Waals surface area contributed by atoms with Gasteiger partial charge in [0.2, 0.25) is 5.88 Å². The Bertz CT molecular complexity index is 317. The summed E-state index contributed by atoms with van der Waals surface area (Å²) in [6, 6.07) is 0. The van der Waals surface area contributed by atoms with E-state index in [1.165, 1.54) is 6.33 Å². The van der Waals surface area contributed by atoms with E-state index in [2.05, 4.69) is 27.5 Å². The van der Waals surface area contributed by atoms with Crippen LogP contribution in [0.25, 0.3) is 0 Å². The first-order valence-electron chi connectivity index (χ1n) is 5.68. The van der Waals surface area contributed by atoms with Crippen molar-refractivity contribution in [2.24, 2.45) is 0 Å². The predicted molar refractivity (Wildman–Crippen MR) is 65.0 cm³/mol. The molecule has 2 N–H and O–H groups in total. The van der Waals surface area contributed by atoms with Gasteiger partial charge < -0.3 is 15.4 Å². The highest BCUT2D eigenvalue weighted by atomic mass is 16.5. The minimum atomic E-state index is 0.620. The Morgan fingerprint density at radius 3 is 2.75 bits per heavy atom. The lowest BCUT2D eigenvalue weighted by Crippen LogP contribution is -2.22. The number of hydrogen-bond donors (Lipinski definition) is 2. The molecule has 0 aliphatic rings. The Hall–Kier alpha value is -1.36. The van der Waals surface area contributed by atoms with Crippen molar-refractivity contribution >= 4 is 5.82 Å². The molecule has 1 rings (SSSR count). The number of aromatic nitrogens is 2. The van der Waals surface area contributed by atoms with Gasteiger partial charge in [0.05, 0.1) is 12.2 Å². The molecule has 0 saturated heterocycles. The van der Waals surface area contributed by atoms with Crippen LogP contribution in [0.5, 0.6) is 5.88 Å². The first kappa shape index (κ1) is 12.7. The summed E-state index contributed by atoms with van der Waals surface area (Å²) in [5.74, 6) is 1.50. The van der Waals surface area contributed by atoms with E-state index in [0.29, 0.717) is 12.5 Å². The maximum Gasteiger partial charge on any atom is 0.221 e. The quantitative estimate of drug-likeness (QED) is 0.682. The molecular weight excluding hydrogens is 204 g/mol. The summed E-state index contributed by atoms with van der Waals surface area (Å²) in [5, 5.41) is 6.49. The Labute approximate surface area is 96.6 Å². The minimum Gasteiger partial charge on any atom is -0.478 e. The van der Waals surface area contributed by atoms with E-state index in [9.17, 15) is 0 Å². The van der Waals surface area contributed by atoms with Gasteiger partial charge in [0.1, 0.15) is 12.1 Å². The zero-order valence-corrected chi connectivity index (χ0v) is 10.2. The minimum absolute atomic E-state index is 0.620. The van der Waals surface area contributed by atoms with E-state index in [1.54, 1.807) is 0 Å². The highest BCUT2D eigenvalue weighted by molar-refractivity contribution is 5.47. The fourth-order valence-corrected chi connectivity index (χ4v) is 1.34. The van der Waals surface area contributed by atoms with E-state index in [4.69, 9.17) is 4.74 Å². The van der Waals surface area contributed by atoms with Crippen molar-refractivity contribution in [2.45, 2.75) is 20.8 Å². The Kier molecular flexibility index (Phi) is 5.56. The van der Waals surface area contributed by atoms with E-state index < -0.39 is 0 Å². The second kappa shape index (κ2) is 7.00. The van der Waals surface area contributed by atoms with Gasteiger partial charge in [-0.25, -0.2) is 9.97 Å². The standard InChI is InChI=1S/C11H20N4O/c1-4-12-6-7-13-10-9(3)11(16-5-2)15-8-14-10/h8,12H,4-7H2,1-3H3,(H,13,14,15). The zero-order chi connectivity index (χ0) is 11.8. The van der Waals surface area contributed by atoms with Crippen LogP contribution in [-0.2, 0) is 0 Å². The predicted octanol–water partition coefficient (Wildman–Crippen LogP) is 1.21. The smallest absolute Gasteiger partial charge is 0.221 e. The van der Waals surface area contributed by atoms with Crippen LogP contribution < -0.4 is 15.4 Å². The number of ether oxygens (including phenoxy) is 1. The summed E-state index contributed by atoms with van der Waals surface area (Å²) >= 11 is 0. The molecule has 0 spiro atoms. The second-order valence-electron chi connectivity index (χ2n) is 3.37. The lowest BCUT2D eigenvalue weighted by Gasteiger charge is -2.11. The number of likely N-dealkylation sites (N-methyl/N-ethyl adjacent to an activating group) is 1. The summed E-state index contributed by atoms with van der Waals surface area (Å²) < 4.78 is 5.40. The van der Waals surface area contributed by atoms with Crippen molar-refractivity contribution in [3.63, 3.8) is 0 Å². The van der Waals surface area contributed by atoms with Gasteiger partial charge in [0.25, 0.3) is 0 Å². The summed E-state index contributed by atoms with van der Waals surface area (Å²) in [7, 11) is 0. The van der Waals surface area contributed by atoms with Crippen molar-refractivity contribution in [1.82, 2.24) is 15.3 Å². The average molecular weight is 224 g/mol. The zero-order valence-electron chi connectivity index (χ0n) is 10.2. The van der Waals surface area contributed by atoms with Gasteiger partial charge in [-0.3, -0.25) is 0 Å². The van der Waals surface area contributed by atoms with Gasteiger partial charge in [0, 0.05) is 13.1 Å². The molecule has 0 aliphatic carbocycles. The van der Waals surface area contributed by atoms with Gasteiger partial charge in [-0.1, -0.05) is 6.92 Å². The maximum absolute atomic E-state index is 5.40. The van der Waals surface area contributed by atoms with Gasteiger partial charge in [0.15, 0.2) is 0 Å². The van der Waals surface area contributed by atoms with Gasteiger partial charge >= 0.3 is 0 Å². The molecule has 0 bridgehead atoms. The molecule has 0 aliphatic heterocycles. The third-order valence-corrected chi connectivity index (χ3v) is 2.16. The van der Waals surface area contributed by atoms with Gasteiger partial charge in [-0.05, 0) is 20.4 Å². The monoisotopic (exact) mass is 224 g/mol. The van der Waals surface area contributed by atoms with Crippen molar-refractivity contribution in [2.75, 3.05) is 31.6 Å². The van der Waals surface area contributed by atoms with Crippen molar-refractivity contribution in [1.29, 1.82) is 0 Å². The van der Waals surface area contributed by atoms with Crippen LogP contribution in [-0.4, -0.2) is 36.2 Å². The Morgan fingerprint density at radius 2 is 2.06 bits per heavy atom. The first-order chi connectivity index (χ1) is 7.79. The van der Waals surface area contributed by atoms with E-state index in [0.717, 1.165) is 31.0 Å². The highest BCUT2D eigenvalue weighted by Gasteiger charge is 2.06. The molecule has 90 valence electrons. The van der Waals surface area contributed by atoms with Crippen LogP contribution in [0.15, 0.2) is 6.33 Å². The summed E-state index contributed by atoms with van der Waals surface area (Å²) in [5.41, 5.74) is 0.959. The van der Waals surface area contributed by atoms with Crippen LogP contribution in [0.1, 0.15) is 19.4 Å². The first-order valence-corrected chi connectivity index (χ1v) is 5.68. The Morgan fingerprint density at radius 1 is 1.25 bits per heavy atom. The van der Waals surface area contributed by atoms with Crippen LogP contribution in [0, 0.1) is 6.92 Å². The summed E-state index contributed by atoms with van der Waals surface area (Å²) in [6.45, 7) is 9.36. The molecule has 5 nitrogen and oxygen atoms in total. The summed E-state index contributed by atoms with van der Waals surface area (Å²) in [6.07, 6.45) is 1.52. The molecule has 1 aromatic heterocycles. The average Bonchev–Trinajstić information content (AvgIpc) is 2.29. The molecular formula is C11H20N4O. The van der Waals surface area contributed by atoms with E-state index >= 15 is 0 Å². The third kappa shape index (κ3) is 3.66. The molecule has 1 aromatic rings. The van der Waals surface area contributed by atoms with Crippen molar-refractivity contribution in [3.05, 3.63) is 11.9 Å². The molecule has 1 heterocycles. The van der Waals surface area contributed by atoms with Crippen LogP contribution in [0.3, 0.4) is 0 Å². The number of hydrogen-bond acceptors (Lipinski definition) is 5. The molecule has 0 aromatic carbocycles. The lowest BCUT2D eigenvalue weighted by molar-refractivity contribution is 0.324. The third-order valence-electron chi connectivity index (χ3n) is 2.16. The Balaban J connectivity index is 2.55. The molecule has 0 saturated carbocycles. The molecule has 0 amide bonds. The molecule has 16 heavy (non-hydrogen) atoms. The van der Waals surface area contributed by atoms with Gasteiger partial charge in [-0.15, -0.1) is 0 Å². The SMILES string of the molecule is CCNCCNc1ncnc(OCC)c1C. The fraction of sp³-hybridized carbons (Fsp3) is 0.636. The topological polar surface area (TPSA) is 59.1 Å². The van der Waals surface area contributed by atoms with Crippen LogP contribution >= 0.6 is 0 Å². The molecule has 5 heteroatoms. The summed E-state index contributed by atoms with van der Waals surface area (Å²) in [4.78, 5) is 8.27. The van der Waals surface area contributed by atoms with Gasteiger partial charge in [-0.2, -0.15) is 0 Å². The van der Waals surface area contributed by atoms with E-state index in [1.807, 2.05) is 13.8 Å². The normalized spacial score (nSPS) is 10.2. The second-order valence-corrected chi connectivity index (χ2v) is 3.37. The number of rotatable bonds is 7. The molecule has 0 fully saturated rings. The van der Waals surface area contributed by atoms with Crippen molar-refractivity contribution < 1.29 is 4.74 Å². The number of nitrogens with zero attached hydrogens (tertiary/aromatic N) is 2. The van der Waals surface area contributed by atoms with Crippen molar-refractivity contribution in [3.8, 4) is 5.88 Å². The van der Waals surface area contributed by atoms with Crippen LogP contribution in [0.2, 0.25) is 0 Å². The lowest BCUT2D eigenvalue weighted by atomic mass is 10.3. The maximum atomic E-state index is 5.40. The van der Waals surface area contributed by atoms with Crippen LogP contribution in [0.4, 0.5) is 5.82 Å². The number of nitrogens with one attached hydrogen (secondary N) is 2. The molecule has 0 radical (unpaired) electrons. The fourth-order valence-electron chi connectivity index (χ4n) is 1.34. The molecule has 0 atom stereocenters. The highest BCUT2D eigenvalue weighted by Crippen LogP contribution is 2.19. The number of anilines is 1. The largest absolute Gasteiger partial charge is 0.478 e.